The summed E-state index contributed by atoms with van der Waals surface area (Å²) in [5, 5.41) is 8.36. The van der Waals surface area contributed by atoms with E-state index in [0.29, 0.717) is 6.61 Å². The Morgan fingerprint density at radius 1 is 0.842 bits per heavy atom. The van der Waals surface area contributed by atoms with Gasteiger partial charge in [0.05, 0.1) is 13.2 Å². The van der Waals surface area contributed by atoms with E-state index in [1.165, 1.54) is 25.7 Å². The lowest BCUT2D eigenvalue weighted by atomic mass is 10.1. The summed E-state index contributed by atoms with van der Waals surface area (Å²) < 4.78 is 14.3. The Morgan fingerprint density at radius 3 is 2.05 bits per heavy atom. The SMILES string of the molecule is CCCCCCCCOOOOCCOP(=O)(O)O. The Balaban J connectivity index is 3.01. The first-order valence-corrected chi connectivity index (χ1v) is 7.87. The third kappa shape index (κ3) is 17.9. The molecule has 0 aromatic rings. The van der Waals surface area contributed by atoms with Crippen LogP contribution in [-0.2, 0) is 28.9 Å². The molecule has 0 bridgehead atoms. The van der Waals surface area contributed by atoms with Crippen molar-refractivity contribution in [1.82, 2.24) is 0 Å². The first-order valence-electron chi connectivity index (χ1n) is 6.34. The van der Waals surface area contributed by atoms with Gasteiger partial charge in [-0.3, -0.25) is 4.52 Å². The van der Waals surface area contributed by atoms with E-state index < -0.39 is 7.82 Å². The minimum atomic E-state index is -4.46. The molecule has 0 saturated heterocycles. The summed E-state index contributed by atoms with van der Waals surface area (Å²) >= 11 is 0. The maximum Gasteiger partial charge on any atom is 0.469 e. The third-order valence-electron chi connectivity index (χ3n) is 2.13. The van der Waals surface area contributed by atoms with Gasteiger partial charge in [-0.05, 0) is 16.5 Å². The fraction of sp³-hybridized carbons (Fsp3) is 1.00. The summed E-state index contributed by atoms with van der Waals surface area (Å²) in [6.07, 6.45) is 6.82. The number of hydrogen-bond donors (Lipinski definition) is 2. The second-order valence-electron chi connectivity index (χ2n) is 3.87. The molecule has 0 radical (unpaired) electrons. The van der Waals surface area contributed by atoms with E-state index in [9.17, 15) is 4.57 Å². The van der Waals surface area contributed by atoms with Crippen molar-refractivity contribution >= 4 is 7.82 Å². The predicted molar refractivity (Wildman–Crippen MR) is 65.4 cm³/mol. The van der Waals surface area contributed by atoms with Crippen LogP contribution in [0.5, 0.6) is 0 Å². The van der Waals surface area contributed by atoms with Crippen molar-refractivity contribution in [2.45, 2.75) is 45.4 Å². The van der Waals surface area contributed by atoms with E-state index in [4.69, 9.17) is 9.79 Å². The van der Waals surface area contributed by atoms with Crippen LogP contribution in [-0.4, -0.2) is 29.6 Å². The van der Waals surface area contributed by atoms with Gasteiger partial charge in [0.25, 0.3) is 0 Å². The average molecular weight is 302 g/mol. The van der Waals surface area contributed by atoms with Crippen molar-refractivity contribution in [3.8, 4) is 0 Å². The molecule has 0 aliphatic rings. The molecule has 0 spiro atoms. The highest BCUT2D eigenvalue weighted by Crippen LogP contribution is 2.35. The Kier molecular flexibility index (Phi) is 12.9. The minimum Gasteiger partial charge on any atom is -0.303 e. The zero-order chi connectivity index (χ0) is 14.4. The molecule has 2 N–H and O–H groups in total. The molecule has 116 valence electrons. The molecule has 0 atom stereocenters. The van der Waals surface area contributed by atoms with Gasteiger partial charge in [-0.15, -0.1) is 0 Å². The quantitative estimate of drug-likeness (QED) is 0.218. The van der Waals surface area contributed by atoms with Crippen molar-refractivity contribution < 1.29 is 38.7 Å². The molecular formula is C10H23O8P. The normalized spacial score (nSPS) is 11.9. The molecule has 0 aromatic heterocycles. The van der Waals surface area contributed by atoms with Crippen molar-refractivity contribution in [1.29, 1.82) is 0 Å². The van der Waals surface area contributed by atoms with Gasteiger partial charge in [-0.25, -0.2) is 14.3 Å². The molecule has 0 heterocycles. The second kappa shape index (κ2) is 13.0. The van der Waals surface area contributed by atoms with Crippen LogP contribution in [0, 0.1) is 0 Å². The Hall–Kier alpha value is -0.0500. The van der Waals surface area contributed by atoms with Gasteiger partial charge in [-0.1, -0.05) is 39.0 Å². The molecule has 0 rings (SSSR count). The van der Waals surface area contributed by atoms with Gasteiger partial charge < -0.3 is 9.79 Å². The van der Waals surface area contributed by atoms with Gasteiger partial charge in [0.1, 0.15) is 6.61 Å². The molecule has 0 aliphatic heterocycles. The van der Waals surface area contributed by atoms with Gasteiger partial charge >= 0.3 is 7.82 Å². The zero-order valence-electron chi connectivity index (χ0n) is 11.2. The van der Waals surface area contributed by atoms with Gasteiger partial charge in [0.15, 0.2) is 0 Å². The Bertz CT molecular complexity index is 232. The molecule has 0 aliphatic carbocycles. The molecule has 0 aromatic carbocycles. The van der Waals surface area contributed by atoms with E-state index >= 15 is 0 Å². The zero-order valence-corrected chi connectivity index (χ0v) is 12.0. The number of rotatable bonds is 14. The summed E-state index contributed by atoms with van der Waals surface area (Å²) in [5.74, 6) is 0. The standard InChI is InChI=1S/C10H23O8P/c1-2-3-4-5-6-7-8-14-17-18-15-9-10-16-19(11,12)13/h2-10H2,1H3,(H2,11,12,13). The van der Waals surface area contributed by atoms with Crippen LogP contribution >= 0.6 is 7.82 Å². The lowest BCUT2D eigenvalue weighted by Crippen LogP contribution is -2.05. The molecule has 0 amide bonds. The fourth-order valence-corrected chi connectivity index (χ4v) is 1.55. The molecule has 0 saturated carbocycles. The fourth-order valence-electron chi connectivity index (χ4n) is 1.24. The summed E-state index contributed by atoms with van der Waals surface area (Å²) in [5.41, 5.74) is 0. The average Bonchev–Trinajstić information content (AvgIpc) is 2.34. The molecule has 8 nitrogen and oxygen atoms in total. The maximum absolute atomic E-state index is 10.3. The largest absolute Gasteiger partial charge is 0.469 e. The number of phosphoric acid groups is 1. The highest BCUT2D eigenvalue weighted by molar-refractivity contribution is 7.46. The smallest absolute Gasteiger partial charge is 0.303 e. The van der Waals surface area contributed by atoms with E-state index in [2.05, 4.69) is 31.3 Å². The summed E-state index contributed by atoms with van der Waals surface area (Å²) in [6.45, 7) is 2.06. The predicted octanol–water partition coefficient (Wildman–Crippen LogP) is 2.27. The topological polar surface area (TPSA) is 104 Å². The lowest BCUT2D eigenvalue weighted by molar-refractivity contribution is -0.634. The molecule has 0 fully saturated rings. The minimum absolute atomic E-state index is 0.189. The van der Waals surface area contributed by atoms with Crippen LogP contribution in [0.25, 0.3) is 0 Å². The van der Waals surface area contributed by atoms with E-state index in [1.807, 2.05) is 0 Å². The van der Waals surface area contributed by atoms with E-state index in [-0.39, 0.29) is 13.2 Å². The Morgan fingerprint density at radius 2 is 1.42 bits per heavy atom. The van der Waals surface area contributed by atoms with E-state index in [0.717, 1.165) is 12.8 Å². The Labute approximate surface area is 113 Å². The van der Waals surface area contributed by atoms with Crippen LogP contribution in [0.2, 0.25) is 0 Å². The van der Waals surface area contributed by atoms with Crippen molar-refractivity contribution in [2.75, 3.05) is 19.8 Å². The number of unbranched alkanes of at least 4 members (excludes halogenated alkanes) is 5. The first-order chi connectivity index (χ1) is 9.06. The highest BCUT2D eigenvalue weighted by atomic mass is 31.2. The molecule has 0 unspecified atom stereocenters. The number of phosphoric ester groups is 1. The number of hydrogen-bond acceptors (Lipinski definition) is 6. The molecular weight excluding hydrogens is 279 g/mol. The van der Waals surface area contributed by atoms with Crippen LogP contribution in [0.15, 0.2) is 0 Å². The van der Waals surface area contributed by atoms with E-state index in [1.54, 1.807) is 0 Å². The summed E-state index contributed by atoms with van der Waals surface area (Å²) in [6, 6.07) is 0. The van der Waals surface area contributed by atoms with Crippen molar-refractivity contribution in [2.24, 2.45) is 0 Å². The monoisotopic (exact) mass is 302 g/mol. The molecule has 9 heteroatoms. The maximum atomic E-state index is 10.3. The summed E-state index contributed by atoms with van der Waals surface area (Å²) in [4.78, 5) is 25.7. The van der Waals surface area contributed by atoms with Crippen molar-refractivity contribution in [3.63, 3.8) is 0 Å². The van der Waals surface area contributed by atoms with Gasteiger partial charge in [0.2, 0.25) is 0 Å². The molecule has 19 heavy (non-hydrogen) atoms. The van der Waals surface area contributed by atoms with Gasteiger partial charge in [0, 0.05) is 0 Å². The summed E-state index contributed by atoms with van der Waals surface area (Å²) in [7, 11) is -4.46. The van der Waals surface area contributed by atoms with Crippen LogP contribution in [0.1, 0.15) is 45.4 Å². The van der Waals surface area contributed by atoms with Crippen LogP contribution in [0.4, 0.5) is 0 Å². The van der Waals surface area contributed by atoms with Crippen LogP contribution in [0.3, 0.4) is 0 Å². The lowest BCUT2D eigenvalue weighted by Gasteiger charge is -2.05. The van der Waals surface area contributed by atoms with Crippen molar-refractivity contribution in [3.05, 3.63) is 0 Å². The first kappa shape index (κ1) is 18.9. The second-order valence-corrected chi connectivity index (χ2v) is 5.11. The van der Waals surface area contributed by atoms with Crippen LogP contribution < -0.4 is 0 Å². The van der Waals surface area contributed by atoms with Gasteiger partial charge in [-0.2, -0.15) is 0 Å². The third-order valence-corrected chi connectivity index (χ3v) is 2.65. The highest BCUT2D eigenvalue weighted by Gasteiger charge is 2.12.